The number of nitrogen functional groups attached to an aromatic ring is 1. The second-order valence-electron chi connectivity index (χ2n) is 3.53. The lowest BCUT2D eigenvalue weighted by Crippen LogP contribution is -2.27. The van der Waals surface area contributed by atoms with Crippen LogP contribution in [0, 0.1) is 0 Å². The van der Waals surface area contributed by atoms with E-state index in [0.717, 1.165) is 12.1 Å². The maximum absolute atomic E-state index is 5.90. The van der Waals surface area contributed by atoms with Gasteiger partial charge < -0.3 is 10.4 Å². The predicted molar refractivity (Wildman–Crippen MR) is 56.2 cm³/mol. The lowest BCUT2D eigenvalue weighted by molar-refractivity contribution is 0.221. The molecule has 2 N–H and O–H groups in total. The van der Waals surface area contributed by atoms with Crippen LogP contribution in [-0.2, 0) is 4.65 Å². The minimum Gasteiger partial charge on any atom is -0.424 e. The van der Waals surface area contributed by atoms with E-state index < -0.39 is 0 Å². The van der Waals surface area contributed by atoms with Gasteiger partial charge in [-0.15, -0.1) is 0 Å². The highest BCUT2D eigenvalue weighted by Crippen LogP contribution is 2.28. The molecule has 0 amide bonds. The number of rotatable bonds is 1. The summed E-state index contributed by atoms with van der Waals surface area (Å²) in [6, 6.07) is 6.05. The monoisotopic (exact) mass is 175 g/mol. The van der Waals surface area contributed by atoms with Crippen molar-refractivity contribution < 1.29 is 4.65 Å². The second-order valence-corrected chi connectivity index (χ2v) is 3.53. The Bertz CT molecular complexity index is 327. The van der Waals surface area contributed by atoms with E-state index in [4.69, 9.17) is 10.4 Å². The van der Waals surface area contributed by atoms with Crippen LogP contribution in [0.2, 0.25) is 6.82 Å². The van der Waals surface area contributed by atoms with Gasteiger partial charge in [0.25, 0.3) is 0 Å². The molecular formula is C10H14BNO. The Morgan fingerprint density at radius 3 is 3.00 bits per heavy atom. The Kier molecular flexibility index (Phi) is 2.04. The van der Waals surface area contributed by atoms with Crippen LogP contribution in [0.15, 0.2) is 18.2 Å². The van der Waals surface area contributed by atoms with Crippen LogP contribution in [0.1, 0.15) is 25.0 Å². The third-order valence-electron chi connectivity index (χ3n) is 2.67. The zero-order valence-corrected chi connectivity index (χ0v) is 8.08. The fraction of sp³-hybridized carbons (Fsp3) is 0.400. The van der Waals surface area contributed by atoms with Crippen LogP contribution in [0.25, 0.3) is 0 Å². The van der Waals surface area contributed by atoms with Gasteiger partial charge in [-0.2, -0.15) is 0 Å². The number of fused-ring (bicyclic) bond motifs is 1. The van der Waals surface area contributed by atoms with Crippen LogP contribution in [0.5, 0.6) is 0 Å². The molecule has 0 bridgehead atoms. The third-order valence-corrected chi connectivity index (χ3v) is 2.67. The molecule has 0 radical (unpaired) electrons. The number of anilines is 1. The molecule has 0 fully saturated rings. The highest BCUT2D eigenvalue weighted by Gasteiger charge is 2.31. The van der Waals surface area contributed by atoms with Crippen molar-refractivity contribution in [3.63, 3.8) is 0 Å². The van der Waals surface area contributed by atoms with Crippen molar-refractivity contribution >= 4 is 18.1 Å². The van der Waals surface area contributed by atoms with E-state index in [2.05, 4.69) is 19.8 Å². The van der Waals surface area contributed by atoms with E-state index in [0.29, 0.717) is 0 Å². The van der Waals surface area contributed by atoms with Gasteiger partial charge in [0, 0.05) is 5.69 Å². The zero-order valence-electron chi connectivity index (χ0n) is 8.08. The van der Waals surface area contributed by atoms with Crippen molar-refractivity contribution in [2.24, 2.45) is 0 Å². The molecular weight excluding hydrogens is 161 g/mol. The van der Waals surface area contributed by atoms with Crippen molar-refractivity contribution in [2.75, 3.05) is 5.73 Å². The lowest BCUT2D eigenvalue weighted by Gasteiger charge is -2.08. The topological polar surface area (TPSA) is 35.2 Å². The molecule has 0 saturated heterocycles. The molecule has 1 unspecified atom stereocenters. The van der Waals surface area contributed by atoms with Gasteiger partial charge >= 0.3 is 6.92 Å². The molecule has 0 spiro atoms. The van der Waals surface area contributed by atoms with E-state index >= 15 is 0 Å². The predicted octanol–water partition coefficient (Wildman–Crippen LogP) is 1.58. The van der Waals surface area contributed by atoms with Gasteiger partial charge in [-0.1, -0.05) is 25.9 Å². The molecule has 1 heterocycles. The van der Waals surface area contributed by atoms with Crippen molar-refractivity contribution in [1.29, 1.82) is 0 Å². The van der Waals surface area contributed by atoms with Crippen molar-refractivity contribution in [2.45, 2.75) is 26.3 Å². The summed E-state index contributed by atoms with van der Waals surface area (Å²) < 4.78 is 5.78. The second kappa shape index (κ2) is 3.07. The highest BCUT2D eigenvalue weighted by molar-refractivity contribution is 6.69. The summed E-state index contributed by atoms with van der Waals surface area (Å²) in [6.45, 7) is 4.35. The van der Waals surface area contributed by atoms with Crippen molar-refractivity contribution in [1.82, 2.24) is 0 Å². The van der Waals surface area contributed by atoms with Crippen LogP contribution in [-0.4, -0.2) is 6.92 Å². The molecule has 2 nitrogen and oxygen atoms in total. The molecule has 1 aliphatic rings. The third kappa shape index (κ3) is 1.24. The molecule has 1 atom stereocenters. The molecule has 13 heavy (non-hydrogen) atoms. The summed E-state index contributed by atoms with van der Waals surface area (Å²) in [5.41, 5.74) is 9.22. The number of benzene rings is 1. The smallest absolute Gasteiger partial charge is 0.326 e. The van der Waals surface area contributed by atoms with Crippen LogP contribution >= 0.6 is 0 Å². The molecule has 0 aromatic heterocycles. The summed E-state index contributed by atoms with van der Waals surface area (Å²) in [5, 5.41) is 0. The van der Waals surface area contributed by atoms with Crippen LogP contribution in [0.3, 0.4) is 0 Å². The Balaban J connectivity index is 2.51. The molecule has 1 aromatic rings. The largest absolute Gasteiger partial charge is 0.424 e. The first-order valence-electron chi connectivity index (χ1n) is 4.77. The quantitative estimate of drug-likeness (QED) is 0.519. The average molecular weight is 175 g/mol. The van der Waals surface area contributed by atoms with Gasteiger partial charge in [-0.3, -0.25) is 0 Å². The van der Waals surface area contributed by atoms with Crippen LogP contribution in [0.4, 0.5) is 5.69 Å². The summed E-state index contributed by atoms with van der Waals surface area (Å²) in [5.74, 6) is 0. The minimum absolute atomic E-state index is 0.154. The Labute approximate surface area is 79.2 Å². The molecule has 0 saturated carbocycles. The molecule has 2 rings (SSSR count). The fourth-order valence-corrected chi connectivity index (χ4v) is 2.06. The Hall–Kier alpha value is -0.955. The first kappa shape index (κ1) is 8.63. The molecule has 1 aromatic carbocycles. The lowest BCUT2D eigenvalue weighted by atomic mass is 9.63. The van der Waals surface area contributed by atoms with Crippen LogP contribution < -0.4 is 11.2 Å². The van der Waals surface area contributed by atoms with E-state index in [1.165, 1.54) is 11.0 Å². The van der Waals surface area contributed by atoms with E-state index in [1.807, 2.05) is 12.1 Å². The number of nitrogens with two attached hydrogens (primary N) is 1. The summed E-state index contributed by atoms with van der Waals surface area (Å²) in [4.78, 5) is 0. The summed E-state index contributed by atoms with van der Waals surface area (Å²) >= 11 is 0. The SMILES string of the molecule is CCC1OB(C)c2c(N)cccc21. The van der Waals surface area contributed by atoms with Gasteiger partial charge in [-0.05, 0) is 23.5 Å². The van der Waals surface area contributed by atoms with Gasteiger partial charge in [0.05, 0.1) is 6.10 Å². The summed E-state index contributed by atoms with van der Waals surface area (Å²) in [6.07, 6.45) is 1.26. The number of hydrogen-bond acceptors (Lipinski definition) is 2. The fourth-order valence-electron chi connectivity index (χ4n) is 2.06. The van der Waals surface area contributed by atoms with E-state index in [9.17, 15) is 0 Å². The Morgan fingerprint density at radius 2 is 2.31 bits per heavy atom. The minimum atomic E-state index is 0.154. The first-order chi connectivity index (χ1) is 6.24. The van der Waals surface area contributed by atoms with Crippen molar-refractivity contribution in [3.8, 4) is 0 Å². The molecule has 68 valence electrons. The maximum atomic E-state index is 5.90. The van der Waals surface area contributed by atoms with Crippen molar-refractivity contribution in [3.05, 3.63) is 23.8 Å². The van der Waals surface area contributed by atoms with Gasteiger partial charge in [-0.25, -0.2) is 0 Å². The molecule has 0 aliphatic carbocycles. The standard InChI is InChI=1S/C10H14BNO/c1-3-9-7-5-4-6-8(12)10(7)11(2)13-9/h4-6,9H,3,12H2,1-2H3. The highest BCUT2D eigenvalue weighted by atomic mass is 16.5. The molecule has 3 heteroatoms. The Morgan fingerprint density at radius 1 is 1.54 bits per heavy atom. The van der Waals surface area contributed by atoms with E-state index in [-0.39, 0.29) is 13.0 Å². The van der Waals surface area contributed by atoms with Gasteiger partial charge in [0.1, 0.15) is 0 Å². The molecule has 1 aliphatic heterocycles. The van der Waals surface area contributed by atoms with Gasteiger partial charge in [0.2, 0.25) is 0 Å². The zero-order chi connectivity index (χ0) is 9.42. The normalized spacial score (nSPS) is 20.5. The first-order valence-corrected chi connectivity index (χ1v) is 4.77. The van der Waals surface area contributed by atoms with E-state index in [1.54, 1.807) is 0 Å². The number of hydrogen-bond donors (Lipinski definition) is 1. The average Bonchev–Trinajstić information content (AvgIpc) is 2.44. The summed E-state index contributed by atoms with van der Waals surface area (Å²) in [7, 11) is 0. The maximum Gasteiger partial charge on any atom is 0.326 e. The van der Waals surface area contributed by atoms with Gasteiger partial charge in [0.15, 0.2) is 0 Å².